The third-order valence-electron chi connectivity index (χ3n) is 3.66. The van der Waals surface area contributed by atoms with Gasteiger partial charge in [0.05, 0.1) is 4.90 Å². The predicted octanol–water partition coefficient (Wildman–Crippen LogP) is 1.58. The first kappa shape index (κ1) is 18.4. The minimum atomic E-state index is -3.40. The van der Waals surface area contributed by atoms with Crippen molar-refractivity contribution < 1.29 is 13.2 Å². The molecule has 1 aliphatic carbocycles. The number of halogens is 1. The van der Waals surface area contributed by atoms with Crippen LogP contribution in [0.4, 0.5) is 0 Å². The van der Waals surface area contributed by atoms with E-state index in [1.165, 1.54) is 6.07 Å². The van der Waals surface area contributed by atoms with Crippen LogP contribution in [-0.2, 0) is 9.84 Å². The fourth-order valence-electron chi connectivity index (χ4n) is 2.64. The Kier molecular flexibility index (Phi) is 5.96. The summed E-state index contributed by atoms with van der Waals surface area (Å²) in [5.41, 5.74) is 11.5. The van der Waals surface area contributed by atoms with Crippen LogP contribution in [0.3, 0.4) is 0 Å². The largest absolute Gasteiger partial charge is 0.370 e. The first-order valence-corrected chi connectivity index (χ1v) is 8.65. The summed E-state index contributed by atoms with van der Waals surface area (Å²) in [7, 11) is -3.40. The minimum Gasteiger partial charge on any atom is -0.370 e. The maximum Gasteiger partial charge on any atom is 0.280 e. The van der Waals surface area contributed by atoms with Crippen molar-refractivity contribution in [3.8, 4) is 0 Å². The van der Waals surface area contributed by atoms with Gasteiger partial charge >= 0.3 is 0 Å². The molecule has 122 valence electrons. The molecule has 1 aromatic rings. The van der Waals surface area contributed by atoms with E-state index < -0.39 is 15.7 Å². The van der Waals surface area contributed by atoms with E-state index in [1.54, 1.807) is 12.1 Å². The molecule has 1 aliphatic rings. The monoisotopic (exact) mass is 345 g/mol. The molecule has 1 fully saturated rings. The number of aliphatic imine (C=N–C) groups is 1. The van der Waals surface area contributed by atoms with Crippen LogP contribution in [0, 0.1) is 0 Å². The number of carbonyl (C=O) groups excluding carboxylic acids is 1. The van der Waals surface area contributed by atoms with Gasteiger partial charge in [0, 0.05) is 11.8 Å². The number of sulfone groups is 1. The Bertz CT molecular complexity index is 691. The van der Waals surface area contributed by atoms with Crippen LogP contribution in [-0.4, -0.2) is 26.5 Å². The van der Waals surface area contributed by atoms with Gasteiger partial charge in [-0.2, -0.15) is 4.99 Å². The molecule has 22 heavy (non-hydrogen) atoms. The molecular weight excluding hydrogens is 326 g/mol. The normalized spacial score (nSPS) is 15.1. The second kappa shape index (κ2) is 7.11. The molecule has 8 heteroatoms. The highest BCUT2D eigenvalue weighted by Crippen LogP contribution is 2.35. The van der Waals surface area contributed by atoms with Crippen LogP contribution in [0.5, 0.6) is 0 Å². The summed E-state index contributed by atoms with van der Waals surface area (Å²) in [6, 6.07) is 4.67. The number of rotatable bonds is 3. The Hall–Kier alpha value is -1.60. The van der Waals surface area contributed by atoms with E-state index in [0.717, 1.165) is 37.5 Å². The first-order valence-electron chi connectivity index (χ1n) is 6.76. The minimum absolute atomic E-state index is 0. The van der Waals surface area contributed by atoms with E-state index >= 15 is 0 Å². The zero-order chi connectivity index (χ0) is 15.6. The van der Waals surface area contributed by atoms with Crippen LogP contribution in [0.15, 0.2) is 28.1 Å². The number of carbonyl (C=O) groups is 1. The molecule has 1 aromatic carbocycles. The average Bonchev–Trinajstić information content (AvgIpc) is 2.90. The van der Waals surface area contributed by atoms with Crippen molar-refractivity contribution >= 4 is 34.1 Å². The van der Waals surface area contributed by atoms with Gasteiger partial charge in [-0.25, -0.2) is 8.42 Å². The Morgan fingerprint density at radius 2 is 1.77 bits per heavy atom. The smallest absolute Gasteiger partial charge is 0.280 e. The van der Waals surface area contributed by atoms with Gasteiger partial charge in [-0.05, 0) is 42.5 Å². The third kappa shape index (κ3) is 4.45. The van der Waals surface area contributed by atoms with Gasteiger partial charge in [-0.15, -0.1) is 12.4 Å². The van der Waals surface area contributed by atoms with E-state index in [9.17, 15) is 13.2 Å². The molecular formula is C14H20ClN3O3S. The van der Waals surface area contributed by atoms with Gasteiger partial charge in [0.2, 0.25) is 0 Å². The number of guanidine groups is 1. The van der Waals surface area contributed by atoms with Crippen molar-refractivity contribution in [2.75, 3.05) is 6.26 Å². The second-order valence-electron chi connectivity index (χ2n) is 5.39. The molecule has 1 saturated carbocycles. The van der Waals surface area contributed by atoms with Crippen LogP contribution < -0.4 is 11.5 Å². The topological polar surface area (TPSA) is 116 Å². The Morgan fingerprint density at radius 1 is 1.18 bits per heavy atom. The van der Waals surface area contributed by atoms with Crippen LogP contribution in [0.1, 0.15) is 47.5 Å². The molecule has 0 spiro atoms. The number of hydrogen-bond donors (Lipinski definition) is 2. The SMILES string of the molecule is CS(=O)(=O)c1cc(C(=O)N=C(N)N)cc(C2CCCC2)c1.Cl. The molecule has 0 unspecified atom stereocenters. The van der Waals surface area contributed by atoms with Gasteiger partial charge in [-0.1, -0.05) is 12.8 Å². The van der Waals surface area contributed by atoms with E-state index in [2.05, 4.69) is 4.99 Å². The van der Waals surface area contributed by atoms with Crippen molar-refractivity contribution in [1.29, 1.82) is 0 Å². The number of nitrogens with zero attached hydrogens (tertiary/aromatic N) is 1. The van der Waals surface area contributed by atoms with Crippen molar-refractivity contribution in [1.82, 2.24) is 0 Å². The first-order chi connectivity index (χ1) is 9.77. The van der Waals surface area contributed by atoms with E-state index in [4.69, 9.17) is 11.5 Å². The highest BCUT2D eigenvalue weighted by molar-refractivity contribution is 7.90. The molecule has 4 N–H and O–H groups in total. The lowest BCUT2D eigenvalue weighted by Gasteiger charge is -2.12. The lowest BCUT2D eigenvalue weighted by atomic mass is 9.96. The van der Waals surface area contributed by atoms with Crippen LogP contribution >= 0.6 is 12.4 Å². The van der Waals surface area contributed by atoms with Gasteiger partial charge in [-0.3, -0.25) is 4.79 Å². The Balaban J connectivity index is 0.00000242. The molecule has 0 heterocycles. The third-order valence-corrected chi connectivity index (χ3v) is 4.75. The fourth-order valence-corrected chi connectivity index (χ4v) is 3.33. The summed E-state index contributed by atoms with van der Waals surface area (Å²) in [5, 5.41) is 0. The van der Waals surface area contributed by atoms with Gasteiger partial charge in [0.15, 0.2) is 15.8 Å². The average molecular weight is 346 g/mol. The van der Waals surface area contributed by atoms with Crippen molar-refractivity contribution in [3.63, 3.8) is 0 Å². The van der Waals surface area contributed by atoms with E-state index in [-0.39, 0.29) is 34.7 Å². The summed E-state index contributed by atoms with van der Waals surface area (Å²) < 4.78 is 23.6. The number of nitrogens with two attached hydrogens (primary N) is 2. The standard InChI is InChI=1S/C14H19N3O3S.ClH/c1-21(19,20)12-7-10(9-4-2-3-5-9)6-11(8-12)13(18)17-14(15)16;/h6-9H,2-5H2,1H3,(H4,15,16,17,18);1H. The maximum absolute atomic E-state index is 12.0. The zero-order valence-electron chi connectivity index (χ0n) is 12.3. The quantitative estimate of drug-likeness (QED) is 0.637. The van der Waals surface area contributed by atoms with Gasteiger partial charge in [0.1, 0.15) is 0 Å². The summed E-state index contributed by atoms with van der Waals surface area (Å²) in [6.07, 6.45) is 5.36. The predicted molar refractivity (Wildman–Crippen MR) is 88.1 cm³/mol. The molecule has 1 amide bonds. The van der Waals surface area contributed by atoms with Crippen molar-refractivity contribution in [2.45, 2.75) is 36.5 Å². The summed E-state index contributed by atoms with van der Waals surface area (Å²) in [4.78, 5) is 15.6. The highest BCUT2D eigenvalue weighted by atomic mass is 35.5. The van der Waals surface area contributed by atoms with Crippen molar-refractivity contribution in [2.24, 2.45) is 16.5 Å². The maximum atomic E-state index is 12.0. The molecule has 0 atom stereocenters. The Labute approximate surface area is 136 Å². The number of hydrogen-bond acceptors (Lipinski definition) is 3. The van der Waals surface area contributed by atoms with Crippen molar-refractivity contribution in [3.05, 3.63) is 29.3 Å². The van der Waals surface area contributed by atoms with Crippen LogP contribution in [0.25, 0.3) is 0 Å². The lowest BCUT2D eigenvalue weighted by Crippen LogP contribution is -2.24. The summed E-state index contributed by atoms with van der Waals surface area (Å²) >= 11 is 0. The zero-order valence-corrected chi connectivity index (χ0v) is 13.9. The molecule has 2 rings (SSSR count). The highest BCUT2D eigenvalue weighted by Gasteiger charge is 2.21. The summed E-state index contributed by atoms with van der Waals surface area (Å²) in [5.74, 6) is -0.677. The fraction of sp³-hybridized carbons (Fsp3) is 0.429. The molecule has 6 nitrogen and oxygen atoms in total. The number of benzene rings is 1. The van der Waals surface area contributed by atoms with Crippen LogP contribution in [0.2, 0.25) is 0 Å². The van der Waals surface area contributed by atoms with Gasteiger partial charge in [0.25, 0.3) is 5.91 Å². The second-order valence-corrected chi connectivity index (χ2v) is 7.40. The molecule has 0 bridgehead atoms. The molecule has 0 saturated heterocycles. The van der Waals surface area contributed by atoms with Gasteiger partial charge < -0.3 is 11.5 Å². The number of amides is 1. The molecule has 0 aromatic heterocycles. The lowest BCUT2D eigenvalue weighted by molar-refractivity contribution is 0.100. The summed E-state index contributed by atoms with van der Waals surface area (Å²) in [6.45, 7) is 0. The molecule has 0 radical (unpaired) electrons. The van der Waals surface area contributed by atoms with E-state index in [0.29, 0.717) is 0 Å². The van der Waals surface area contributed by atoms with E-state index in [1.807, 2.05) is 0 Å². The molecule has 0 aliphatic heterocycles. The Morgan fingerprint density at radius 3 is 2.27 bits per heavy atom.